The second-order valence-electron chi connectivity index (χ2n) is 3.90. The summed E-state index contributed by atoms with van der Waals surface area (Å²) in [5, 5.41) is 9.37. The molecule has 6 nitrogen and oxygen atoms in total. The first-order chi connectivity index (χ1) is 7.68. The van der Waals surface area contributed by atoms with E-state index in [4.69, 9.17) is 5.73 Å². The van der Waals surface area contributed by atoms with Crippen LogP contribution in [0, 0.1) is 0 Å². The van der Waals surface area contributed by atoms with Gasteiger partial charge in [-0.25, -0.2) is 4.98 Å². The van der Waals surface area contributed by atoms with Crippen molar-refractivity contribution in [2.75, 3.05) is 6.54 Å². The molecular weight excluding hydrogens is 206 g/mol. The van der Waals surface area contributed by atoms with Gasteiger partial charge in [-0.1, -0.05) is 0 Å². The fraction of sp³-hybridized carbons (Fsp3) is 0.700. The molecule has 1 rings (SSSR count). The lowest BCUT2D eigenvalue weighted by Crippen LogP contribution is -2.26. The third kappa shape index (κ3) is 5.45. The minimum Gasteiger partial charge on any atom is -0.356 e. The largest absolute Gasteiger partial charge is 0.356 e. The van der Waals surface area contributed by atoms with Gasteiger partial charge in [-0.15, -0.1) is 0 Å². The van der Waals surface area contributed by atoms with Crippen molar-refractivity contribution in [2.45, 2.75) is 38.6 Å². The van der Waals surface area contributed by atoms with Gasteiger partial charge in [0.15, 0.2) is 0 Å². The molecule has 16 heavy (non-hydrogen) atoms. The smallest absolute Gasteiger partial charge is 0.220 e. The monoisotopic (exact) mass is 225 g/mol. The number of amides is 1. The number of hydrogen-bond acceptors (Lipinski definition) is 4. The van der Waals surface area contributed by atoms with Crippen LogP contribution in [0.2, 0.25) is 0 Å². The fourth-order valence-electron chi connectivity index (χ4n) is 1.28. The van der Waals surface area contributed by atoms with Crippen LogP contribution in [0.1, 0.15) is 32.0 Å². The summed E-state index contributed by atoms with van der Waals surface area (Å²) in [7, 11) is 0. The van der Waals surface area contributed by atoms with Gasteiger partial charge in [-0.3, -0.25) is 9.89 Å². The lowest BCUT2D eigenvalue weighted by molar-refractivity contribution is -0.121. The molecule has 4 N–H and O–H groups in total. The van der Waals surface area contributed by atoms with Gasteiger partial charge in [0.1, 0.15) is 12.2 Å². The molecule has 0 radical (unpaired) electrons. The van der Waals surface area contributed by atoms with E-state index in [0.29, 0.717) is 13.0 Å². The first kappa shape index (κ1) is 12.6. The van der Waals surface area contributed by atoms with Crippen molar-refractivity contribution < 1.29 is 4.79 Å². The number of carbonyl (C=O) groups is 1. The number of aryl methyl sites for hydroxylation is 1. The molecule has 0 bridgehead atoms. The van der Waals surface area contributed by atoms with E-state index >= 15 is 0 Å². The van der Waals surface area contributed by atoms with E-state index in [1.165, 1.54) is 6.33 Å². The predicted molar refractivity (Wildman–Crippen MR) is 60.6 cm³/mol. The van der Waals surface area contributed by atoms with E-state index in [9.17, 15) is 4.79 Å². The maximum absolute atomic E-state index is 11.3. The molecule has 0 fully saturated rings. The Balaban J connectivity index is 2.00. The first-order valence-corrected chi connectivity index (χ1v) is 5.55. The highest BCUT2D eigenvalue weighted by molar-refractivity contribution is 5.75. The van der Waals surface area contributed by atoms with Gasteiger partial charge in [-0.2, -0.15) is 5.10 Å². The van der Waals surface area contributed by atoms with Crippen molar-refractivity contribution in [3.05, 3.63) is 12.2 Å². The summed E-state index contributed by atoms with van der Waals surface area (Å²) < 4.78 is 0. The van der Waals surface area contributed by atoms with Gasteiger partial charge >= 0.3 is 0 Å². The van der Waals surface area contributed by atoms with E-state index in [0.717, 1.165) is 25.1 Å². The van der Waals surface area contributed by atoms with Gasteiger partial charge in [0, 0.05) is 25.4 Å². The van der Waals surface area contributed by atoms with Gasteiger partial charge < -0.3 is 11.1 Å². The molecular formula is C10H19N5O. The minimum absolute atomic E-state index is 0.0647. The molecule has 6 heteroatoms. The maximum Gasteiger partial charge on any atom is 0.220 e. The third-order valence-electron chi connectivity index (χ3n) is 2.20. The number of carbonyl (C=O) groups excluding carboxylic acids is 1. The minimum atomic E-state index is 0.0647. The van der Waals surface area contributed by atoms with Crippen LogP contribution in [0.4, 0.5) is 0 Å². The second-order valence-corrected chi connectivity index (χ2v) is 3.90. The highest BCUT2D eigenvalue weighted by Crippen LogP contribution is 1.94. The Labute approximate surface area is 95.0 Å². The van der Waals surface area contributed by atoms with Crippen molar-refractivity contribution in [3.8, 4) is 0 Å². The summed E-state index contributed by atoms with van der Waals surface area (Å²) in [6, 6.07) is 0.0833. The van der Waals surface area contributed by atoms with Crippen molar-refractivity contribution in [1.29, 1.82) is 0 Å². The SMILES string of the molecule is CC(N)CCC(=O)NCCCc1ncn[nH]1. The fourth-order valence-corrected chi connectivity index (χ4v) is 1.28. The van der Waals surface area contributed by atoms with Gasteiger partial charge in [0.25, 0.3) is 0 Å². The summed E-state index contributed by atoms with van der Waals surface area (Å²) in [6.45, 7) is 2.57. The Hall–Kier alpha value is -1.43. The molecule has 90 valence electrons. The van der Waals surface area contributed by atoms with Gasteiger partial charge in [-0.05, 0) is 19.8 Å². The van der Waals surface area contributed by atoms with Gasteiger partial charge in [0.2, 0.25) is 5.91 Å². The number of hydrogen-bond donors (Lipinski definition) is 3. The molecule has 1 atom stereocenters. The zero-order chi connectivity index (χ0) is 11.8. The summed E-state index contributed by atoms with van der Waals surface area (Å²) >= 11 is 0. The molecule has 1 aromatic rings. The maximum atomic E-state index is 11.3. The first-order valence-electron chi connectivity index (χ1n) is 5.55. The molecule has 1 heterocycles. The number of rotatable bonds is 7. The summed E-state index contributed by atoms with van der Waals surface area (Å²) in [5.74, 6) is 0.916. The van der Waals surface area contributed by atoms with Crippen molar-refractivity contribution in [2.24, 2.45) is 5.73 Å². The van der Waals surface area contributed by atoms with E-state index < -0.39 is 0 Å². The number of aromatic nitrogens is 3. The normalized spacial score (nSPS) is 12.4. The van der Waals surface area contributed by atoms with Crippen LogP contribution in [0.5, 0.6) is 0 Å². The number of aromatic amines is 1. The molecule has 0 aromatic carbocycles. The highest BCUT2D eigenvalue weighted by Gasteiger charge is 2.02. The van der Waals surface area contributed by atoms with E-state index in [1.54, 1.807) is 0 Å². The summed E-state index contributed by atoms with van der Waals surface area (Å²) in [4.78, 5) is 15.3. The lowest BCUT2D eigenvalue weighted by atomic mass is 10.2. The number of H-pyrrole nitrogens is 1. The molecule has 0 saturated heterocycles. The van der Waals surface area contributed by atoms with Crippen LogP contribution in [0.25, 0.3) is 0 Å². The molecule has 0 saturated carbocycles. The molecule has 0 aliphatic carbocycles. The molecule has 1 aromatic heterocycles. The van der Waals surface area contributed by atoms with Crippen LogP contribution in [0.15, 0.2) is 6.33 Å². The van der Waals surface area contributed by atoms with Crippen LogP contribution < -0.4 is 11.1 Å². The third-order valence-corrected chi connectivity index (χ3v) is 2.20. The number of nitrogens with zero attached hydrogens (tertiary/aromatic N) is 2. The molecule has 0 spiro atoms. The van der Waals surface area contributed by atoms with E-state index in [2.05, 4.69) is 20.5 Å². The quantitative estimate of drug-likeness (QED) is 0.568. The Kier molecular flexibility index (Phi) is 5.49. The average Bonchev–Trinajstić information content (AvgIpc) is 2.74. The predicted octanol–water partition coefficient (Wildman–Crippen LogP) is -0.0191. The van der Waals surface area contributed by atoms with E-state index in [1.807, 2.05) is 6.92 Å². The lowest BCUT2D eigenvalue weighted by Gasteiger charge is -2.06. The zero-order valence-corrected chi connectivity index (χ0v) is 9.57. The Morgan fingerprint density at radius 2 is 2.50 bits per heavy atom. The second kappa shape index (κ2) is 6.95. The summed E-state index contributed by atoms with van der Waals surface area (Å²) in [6.07, 6.45) is 4.37. The topological polar surface area (TPSA) is 96.7 Å². The highest BCUT2D eigenvalue weighted by atomic mass is 16.1. The van der Waals surface area contributed by atoms with Crippen LogP contribution >= 0.6 is 0 Å². The van der Waals surface area contributed by atoms with Crippen LogP contribution in [-0.2, 0) is 11.2 Å². The number of nitrogens with one attached hydrogen (secondary N) is 2. The average molecular weight is 225 g/mol. The molecule has 0 aliphatic rings. The molecule has 0 aliphatic heterocycles. The van der Waals surface area contributed by atoms with E-state index in [-0.39, 0.29) is 11.9 Å². The van der Waals surface area contributed by atoms with Crippen molar-refractivity contribution in [3.63, 3.8) is 0 Å². The van der Waals surface area contributed by atoms with Gasteiger partial charge in [0.05, 0.1) is 0 Å². The molecule has 1 unspecified atom stereocenters. The zero-order valence-electron chi connectivity index (χ0n) is 9.57. The Bertz CT molecular complexity index is 296. The van der Waals surface area contributed by atoms with Crippen molar-refractivity contribution in [1.82, 2.24) is 20.5 Å². The molecule has 1 amide bonds. The Morgan fingerprint density at radius 3 is 3.12 bits per heavy atom. The van der Waals surface area contributed by atoms with Crippen molar-refractivity contribution >= 4 is 5.91 Å². The summed E-state index contributed by atoms with van der Waals surface area (Å²) in [5.41, 5.74) is 5.56. The Morgan fingerprint density at radius 1 is 1.69 bits per heavy atom. The standard InChI is InChI=1S/C10H19N5O/c1-8(11)4-5-10(16)12-6-2-3-9-13-7-14-15-9/h7-8H,2-6,11H2,1H3,(H,12,16)(H,13,14,15). The number of nitrogens with two attached hydrogens (primary N) is 1. The van der Waals surface area contributed by atoms with Crippen LogP contribution in [0.3, 0.4) is 0 Å². The van der Waals surface area contributed by atoms with Crippen LogP contribution in [-0.4, -0.2) is 33.7 Å².